The van der Waals surface area contributed by atoms with E-state index in [1.54, 1.807) is 13.2 Å². The number of hydrogen-bond donors (Lipinski definition) is 6. The highest BCUT2D eigenvalue weighted by Crippen LogP contribution is 2.39. The molecule has 11 nitrogen and oxygen atoms in total. The van der Waals surface area contributed by atoms with Crippen molar-refractivity contribution in [3.63, 3.8) is 0 Å². The van der Waals surface area contributed by atoms with Gasteiger partial charge in [-0.1, -0.05) is 57.4 Å². The lowest BCUT2D eigenvalue weighted by Gasteiger charge is -2.33. The second-order valence-electron chi connectivity index (χ2n) is 14.2. The average Bonchev–Trinajstić information content (AvgIpc) is 3.68. The van der Waals surface area contributed by atoms with Gasteiger partial charge in [0.05, 0.1) is 13.2 Å². The van der Waals surface area contributed by atoms with Crippen LogP contribution < -0.4 is 26.0 Å². The second kappa shape index (κ2) is 14.0. The summed E-state index contributed by atoms with van der Waals surface area (Å²) in [5, 5.41) is 24.0. The van der Waals surface area contributed by atoms with E-state index in [-0.39, 0.29) is 29.8 Å². The lowest BCUT2D eigenvalue weighted by atomic mass is 9.78. The molecule has 11 heteroatoms. The Morgan fingerprint density at radius 3 is 2.43 bits per heavy atom. The van der Waals surface area contributed by atoms with Gasteiger partial charge in [-0.15, -0.1) is 0 Å². The van der Waals surface area contributed by atoms with Crippen LogP contribution in [-0.4, -0.2) is 70.6 Å². The Hall–Kier alpha value is -3.60. The molecule has 1 aliphatic heterocycles. The SMILES string of the molecule is COc1cccc2[nH]c(C(=O)N[C@@H](CC3CCCCC3)C(=O)NC(CC3CC4(CCCCC4)NC3=O)C(O)C(=O)NC3CC3)cc12. The number of rotatable bonds is 12. The molecule has 6 rings (SSSR count). The highest BCUT2D eigenvalue weighted by atomic mass is 16.5. The second-order valence-corrected chi connectivity index (χ2v) is 14.2. The van der Waals surface area contributed by atoms with Gasteiger partial charge < -0.3 is 36.1 Å². The molecule has 4 atom stereocenters. The zero-order valence-electron chi connectivity index (χ0n) is 26.9. The number of aliphatic hydroxyl groups excluding tert-OH is 1. The third-order valence-corrected chi connectivity index (χ3v) is 10.7. The van der Waals surface area contributed by atoms with E-state index in [9.17, 15) is 24.3 Å². The number of aromatic amines is 1. The van der Waals surface area contributed by atoms with Crippen molar-refractivity contribution in [3.05, 3.63) is 30.0 Å². The zero-order valence-corrected chi connectivity index (χ0v) is 26.9. The number of benzene rings is 1. The van der Waals surface area contributed by atoms with Crippen LogP contribution in [0.5, 0.6) is 5.75 Å². The maximum Gasteiger partial charge on any atom is 0.268 e. The van der Waals surface area contributed by atoms with Gasteiger partial charge in [0.2, 0.25) is 11.8 Å². The number of hydrogen-bond acceptors (Lipinski definition) is 6. The molecule has 4 fully saturated rings. The first-order valence-corrected chi connectivity index (χ1v) is 17.3. The predicted molar refractivity (Wildman–Crippen MR) is 173 cm³/mol. The van der Waals surface area contributed by atoms with E-state index in [0.717, 1.165) is 88.0 Å². The number of methoxy groups -OCH3 is 1. The fourth-order valence-electron chi connectivity index (χ4n) is 7.93. The number of amides is 4. The minimum Gasteiger partial charge on any atom is -0.496 e. The first kappa shape index (κ1) is 32.3. The van der Waals surface area contributed by atoms with E-state index in [0.29, 0.717) is 24.3 Å². The molecule has 4 amide bonds. The van der Waals surface area contributed by atoms with Gasteiger partial charge >= 0.3 is 0 Å². The molecule has 1 aromatic carbocycles. The summed E-state index contributed by atoms with van der Waals surface area (Å²) in [5.74, 6) is -1.04. The molecule has 1 saturated heterocycles. The van der Waals surface area contributed by atoms with Gasteiger partial charge in [-0.25, -0.2) is 0 Å². The summed E-state index contributed by atoms with van der Waals surface area (Å²) in [6.45, 7) is 0. The molecule has 2 aromatic rings. The van der Waals surface area contributed by atoms with E-state index in [1.807, 2.05) is 18.2 Å². The highest BCUT2D eigenvalue weighted by Gasteiger charge is 2.46. The summed E-state index contributed by atoms with van der Waals surface area (Å²) in [7, 11) is 1.58. The first-order chi connectivity index (χ1) is 22.2. The van der Waals surface area contributed by atoms with E-state index < -0.39 is 41.8 Å². The molecule has 4 aliphatic rings. The molecule has 46 heavy (non-hydrogen) atoms. The van der Waals surface area contributed by atoms with E-state index in [2.05, 4.69) is 26.3 Å². The van der Waals surface area contributed by atoms with Crippen LogP contribution in [0.3, 0.4) is 0 Å². The van der Waals surface area contributed by atoms with Crippen LogP contribution >= 0.6 is 0 Å². The van der Waals surface area contributed by atoms with Crippen molar-refractivity contribution in [1.29, 1.82) is 0 Å². The van der Waals surface area contributed by atoms with Crippen LogP contribution in [0.15, 0.2) is 24.3 Å². The standard InChI is InChI=1S/C35H49N5O6/c1-46-29-12-8-11-25-24(29)19-28(37-25)33(44)39-27(17-21-9-4-2-5-10-21)32(43)38-26(30(41)34(45)36-23-13-14-23)18-22-20-35(40-31(22)42)15-6-3-7-16-35/h8,11-12,19,21-23,26-27,30,37,41H,2-7,9-10,13-18,20H2,1H3,(H,36,45)(H,38,43)(H,39,44)(H,40,42)/t22?,26?,27-,30?/m0/s1. The number of aliphatic hydroxyl groups is 1. The lowest BCUT2D eigenvalue weighted by Crippen LogP contribution is -2.56. The van der Waals surface area contributed by atoms with Crippen molar-refractivity contribution in [2.75, 3.05) is 7.11 Å². The maximum absolute atomic E-state index is 14.1. The lowest BCUT2D eigenvalue weighted by molar-refractivity contribution is -0.134. The fraction of sp³-hybridized carbons (Fsp3) is 0.657. The van der Waals surface area contributed by atoms with Crippen LogP contribution in [-0.2, 0) is 14.4 Å². The number of aromatic nitrogens is 1. The Bertz CT molecular complexity index is 1420. The van der Waals surface area contributed by atoms with Crippen molar-refractivity contribution in [2.24, 2.45) is 11.8 Å². The smallest absolute Gasteiger partial charge is 0.268 e. The molecule has 6 N–H and O–H groups in total. The van der Waals surface area contributed by atoms with Gasteiger partial charge in [-0.05, 0) is 69.1 Å². The molecule has 250 valence electrons. The third-order valence-electron chi connectivity index (χ3n) is 10.7. The molecule has 3 saturated carbocycles. The monoisotopic (exact) mass is 635 g/mol. The van der Waals surface area contributed by atoms with Crippen LogP contribution in [0.2, 0.25) is 0 Å². The summed E-state index contributed by atoms with van der Waals surface area (Å²) in [5.41, 5.74) is 0.810. The summed E-state index contributed by atoms with van der Waals surface area (Å²) < 4.78 is 5.45. The van der Waals surface area contributed by atoms with Crippen molar-refractivity contribution in [1.82, 2.24) is 26.3 Å². The normalized spacial score (nSPS) is 23.3. The molecule has 3 aliphatic carbocycles. The number of carbonyl (C=O) groups is 4. The highest BCUT2D eigenvalue weighted by molar-refractivity contribution is 6.01. The summed E-state index contributed by atoms with van der Waals surface area (Å²) in [4.78, 5) is 57.1. The van der Waals surface area contributed by atoms with E-state index in [1.165, 1.54) is 0 Å². The number of H-pyrrole nitrogens is 1. The summed E-state index contributed by atoms with van der Waals surface area (Å²) in [6, 6.07) is 5.40. The largest absolute Gasteiger partial charge is 0.496 e. The Morgan fingerprint density at radius 2 is 1.72 bits per heavy atom. The Balaban J connectivity index is 1.21. The topological polar surface area (TPSA) is 162 Å². The van der Waals surface area contributed by atoms with Crippen LogP contribution in [0.4, 0.5) is 0 Å². The molecular weight excluding hydrogens is 586 g/mol. The number of fused-ring (bicyclic) bond motifs is 1. The van der Waals surface area contributed by atoms with E-state index in [4.69, 9.17) is 4.74 Å². The molecule has 2 heterocycles. The van der Waals surface area contributed by atoms with Crippen LogP contribution in [0.1, 0.15) is 107 Å². The quantitative estimate of drug-likeness (QED) is 0.209. The third kappa shape index (κ3) is 7.51. The molecule has 0 radical (unpaired) electrons. The van der Waals surface area contributed by atoms with Gasteiger partial charge in [0, 0.05) is 28.4 Å². The van der Waals surface area contributed by atoms with Crippen molar-refractivity contribution in [2.45, 2.75) is 126 Å². The molecule has 0 bridgehead atoms. The molecule has 3 unspecified atom stereocenters. The van der Waals surface area contributed by atoms with Crippen LogP contribution in [0, 0.1) is 11.8 Å². The Kier molecular flexibility index (Phi) is 9.86. The molecular formula is C35H49N5O6. The van der Waals surface area contributed by atoms with Crippen molar-refractivity contribution >= 4 is 34.5 Å². The number of ether oxygens (including phenoxy) is 1. The maximum atomic E-state index is 14.1. The minimum atomic E-state index is -1.52. The van der Waals surface area contributed by atoms with Crippen molar-refractivity contribution in [3.8, 4) is 5.75 Å². The fourth-order valence-corrected chi connectivity index (χ4v) is 7.93. The van der Waals surface area contributed by atoms with Gasteiger partial charge in [0.1, 0.15) is 17.5 Å². The summed E-state index contributed by atoms with van der Waals surface area (Å²) in [6.07, 6.45) is 11.8. The van der Waals surface area contributed by atoms with Gasteiger partial charge in [-0.3, -0.25) is 19.2 Å². The molecule has 1 aromatic heterocycles. The van der Waals surface area contributed by atoms with Gasteiger partial charge in [0.15, 0.2) is 6.10 Å². The zero-order chi connectivity index (χ0) is 32.3. The molecule has 1 spiro atoms. The van der Waals surface area contributed by atoms with Gasteiger partial charge in [0.25, 0.3) is 11.8 Å². The average molecular weight is 636 g/mol. The first-order valence-electron chi connectivity index (χ1n) is 17.3. The Labute approximate surface area is 270 Å². The Morgan fingerprint density at radius 1 is 0.978 bits per heavy atom. The van der Waals surface area contributed by atoms with Crippen molar-refractivity contribution < 1.29 is 29.0 Å². The summed E-state index contributed by atoms with van der Waals surface area (Å²) >= 11 is 0. The predicted octanol–water partition coefficient (Wildman–Crippen LogP) is 3.60. The number of nitrogens with one attached hydrogen (secondary N) is 5. The number of carbonyl (C=O) groups excluding carboxylic acids is 4. The van der Waals surface area contributed by atoms with Crippen LogP contribution in [0.25, 0.3) is 10.9 Å². The van der Waals surface area contributed by atoms with E-state index >= 15 is 0 Å². The minimum absolute atomic E-state index is 0.0343. The van der Waals surface area contributed by atoms with Gasteiger partial charge in [-0.2, -0.15) is 0 Å².